The molecule has 1 N–H and O–H groups in total. The average Bonchev–Trinajstić information content (AvgIpc) is 2.66. The molecule has 1 amide bonds. The van der Waals surface area contributed by atoms with Crippen molar-refractivity contribution in [2.75, 3.05) is 44.2 Å². The van der Waals surface area contributed by atoms with Gasteiger partial charge in [-0.15, -0.1) is 0 Å². The first kappa shape index (κ1) is 17.8. The molecule has 25 heavy (non-hydrogen) atoms. The average molecular weight is 358 g/mol. The van der Waals surface area contributed by atoms with Crippen LogP contribution in [0.2, 0.25) is 5.02 Å². The van der Waals surface area contributed by atoms with Gasteiger partial charge in [0, 0.05) is 36.9 Å². The Bertz CT molecular complexity index is 684. The lowest BCUT2D eigenvalue weighted by Gasteiger charge is -2.36. The van der Waals surface area contributed by atoms with Crippen LogP contribution in [0.1, 0.15) is 5.56 Å². The fraction of sp³-hybridized carbons (Fsp3) is 0.350. The van der Waals surface area contributed by atoms with Crippen molar-refractivity contribution in [3.05, 3.63) is 65.2 Å². The number of piperazine rings is 1. The fourth-order valence-corrected chi connectivity index (χ4v) is 3.26. The number of hydrogen-bond acceptors (Lipinski definition) is 3. The molecular formula is C20H24ClN3O. The number of carbonyl (C=O) groups is 1. The third-order valence-electron chi connectivity index (χ3n) is 4.52. The quantitative estimate of drug-likeness (QED) is 0.807. The van der Waals surface area contributed by atoms with Gasteiger partial charge in [0.25, 0.3) is 0 Å². The van der Waals surface area contributed by atoms with E-state index in [0.29, 0.717) is 6.54 Å². The van der Waals surface area contributed by atoms with Gasteiger partial charge in [-0.3, -0.25) is 4.79 Å². The number of anilines is 1. The van der Waals surface area contributed by atoms with Crippen molar-refractivity contribution in [2.24, 2.45) is 0 Å². The molecule has 5 heteroatoms. The molecule has 1 aliphatic heterocycles. The van der Waals surface area contributed by atoms with Crippen LogP contribution in [0.15, 0.2) is 54.6 Å². The highest BCUT2D eigenvalue weighted by molar-refractivity contribution is 6.30. The van der Waals surface area contributed by atoms with Crippen molar-refractivity contribution in [3.63, 3.8) is 0 Å². The van der Waals surface area contributed by atoms with E-state index in [1.165, 1.54) is 5.56 Å². The molecule has 4 nitrogen and oxygen atoms in total. The van der Waals surface area contributed by atoms with E-state index in [4.69, 9.17) is 11.6 Å². The van der Waals surface area contributed by atoms with Crippen LogP contribution in [0.3, 0.4) is 0 Å². The molecule has 0 aliphatic carbocycles. The highest BCUT2D eigenvalue weighted by Gasteiger charge is 2.20. The predicted octanol–water partition coefficient (Wildman–Crippen LogP) is 2.82. The summed E-state index contributed by atoms with van der Waals surface area (Å²) >= 11 is 6.06. The highest BCUT2D eigenvalue weighted by atomic mass is 35.5. The first-order valence-corrected chi connectivity index (χ1v) is 9.13. The largest absolute Gasteiger partial charge is 0.368 e. The summed E-state index contributed by atoms with van der Waals surface area (Å²) < 4.78 is 0. The summed E-state index contributed by atoms with van der Waals surface area (Å²) in [5, 5.41) is 4.01. The van der Waals surface area contributed by atoms with Crippen molar-refractivity contribution in [3.8, 4) is 0 Å². The fourth-order valence-electron chi connectivity index (χ4n) is 3.07. The Labute approximate surface area is 154 Å². The molecule has 0 spiro atoms. The molecule has 0 atom stereocenters. The Balaban J connectivity index is 1.38. The maximum absolute atomic E-state index is 12.3. The molecule has 0 aromatic heterocycles. The smallest absolute Gasteiger partial charge is 0.236 e. The number of rotatable bonds is 6. The van der Waals surface area contributed by atoms with E-state index in [2.05, 4.69) is 28.4 Å². The van der Waals surface area contributed by atoms with Crippen LogP contribution in [0.25, 0.3) is 0 Å². The summed E-state index contributed by atoms with van der Waals surface area (Å²) in [6, 6.07) is 18.2. The van der Waals surface area contributed by atoms with E-state index < -0.39 is 0 Å². The van der Waals surface area contributed by atoms with Crippen molar-refractivity contribution in [1.82, 2.24) is 10.2 Å². The van der Waals surface area contributed by atoms with E-state index in [1.54, 1.807) is 0 Å². The lowest BCUT2D eigenvalue weighted by atomic mass is 10.1. The zero-order chi connectivity index (χ0) is 17.5. The summed E-state index contributed by atoms with van der Waals surface area (Å²) in [4.78, 5) is 16.5. The maximum atomic E-state index is 12.3. The second-order valence-corrected chi connectivity index (χ2v) is 6.70. The van der Waals surface area contributed by atoms with E-state index in [9.17, 15) is 4.79 Å². The third kappa shape index (κ3) is 5.21. The monoisotopic (exact) mass is 357 g/mol. The molecule has 2 aromatic carbocycles. The molecule has 0 radical (unpaired) electrons. The molecule has 2 aromatic rings. The van der Waals surface area contributed by atoms with Crippen molar-refractivity contribution < 1.29 is 4.79 Å². The molecule has 0 unspecified atom stereocenters. The van der Waals surface area contributed by atoms with Gasteiger partial charge < -0.3 is 15.1 Å². The summed E-state index contributed by atoms with van der Waals surface area (Å²) in [6.45, 7) is 4.42. The van der Waals surface area contributed by atoms with Crippen molar-refractivity contribution >= 4 is 23.2 Å². The number of nitrogens with one attached hydrogen (secondary N) is 1. The Hall–Kier alpha value is -2.04. The molecule has 1 fully saturated rings. The Morgan fingerprint density at radius 3 is 2.48 bits per heavy atom. The normalized spacial score (nSPS) is 14.6. The Kier molecular flexibility index (Phi) is 6.31. The molecule has 0 bridgehead atoms. The minimum atomic E-state index is 0.179. The number of carbonyl (C=O) groups excluding carboxylic acids is 1. The van der Waals surface area contributed by atoms with Gasteiger partial charge in [0.05, 0.1) is 6.54 Å². The molecule has 0 saturated carbocycles. The summed E-state index contributed by atoms with van der Waals surface area (Å²) in [7, 11) is 0. The number of hydrogen-bond donors (Lipinski definition) is 1. The molecule has 1 saturated heterocycles. The summed E-state index contributed by atoms with van der Waals surface area (Å²) in [5.74, 6) is 0.179. The minimum Gasteiger partial charge on any atom is -0.368 e. The standard InChI is InChI=1S/C20H24ClN3O/c21-18-7-4-8-19(15-18)23-11-13-24(14-12-23)20(25)16-22-10-9-17-5-2-1-3-6-17/h1-8,15,22H,9-14,16H2. The molecule has 132 valence electrons. The molecule has 3 rings (SSSR count). The van der Waals surface area contributed by atoms with Gasteiger partial charge >= 0.3 is 0 Å². The SMILES string of the molecule is O=C(CNCCc1ccccc1)N1CCN(c2cccc(Cl)c2)CC1. The molecule has 1 aliphatic rings. The first-order valence-electron chi connectivity index (χ1n) is 8.75. The van der Waals surface area contributed by atoms with Crippen molar-refractivity contribution in [2.45, 2.75) is 6.42 Å². The van der Waals surface area contributed by atoms with Crippen molar-refractivity contribution in [1.29, 1.82) is 0 Å². The molecule has 1 heterocycles. The number of halogens is 1. The van der Waals surface area contributed by atoms with Gasteiger partial charge in [-0.25, -0.2) is 0 Å². The number of nitrogens with zero attached hydrogens (tertiary/aromatic N) is 2. The van der Waals surface area contributed by atoms with E-state index in [0.717, 1.165) is 49.9 Å². The highest BCUT2D eigenvalue weighted by Crippen LogP contribution is 2.20. The van der Waals surface area contributed by atoms with Gasteiger partial charge in [0.2, 0.25) is 5.91 Å². The van der Waals surface area contributed by atoms with Crippen LogP contribution in [-0.2, 0) is 11.2 Å². The zero-order valence-electron chi connectivity index (χ0n) is 14.3. The van der Waals surface area contributed by atoms with Gasteiger partial charge in [-0.1, -0.05) is 48.0 Å². The second kappa shape index (κ2) is 8.88. The van der Waals surface area contributed by atoms with Crippen LogP contribution < -0.4 is 10.2 Å². The van der Waals surface area contributed by atoms with Crippen LogP contribution in [-0.4, -0.2) is 50.1 Å². The zero-order valence-corrected chi connectivity index (χ0v) is 15.1. The minimum absolute atomic E-state index is 0.179. The molecular weight excluding hydrogens is 334 g/mol. The van der Waals surface area contributed by atoms with E-state index >= 15 is 0 Å². The van der Waals surface area contributed by atoms with E-state index in [-0.39, 0.29) is 5.91 Å². The van der Waals surface area contributed by atoms with Gasteiger partial charge in [-0.2, -0.15) is 0 Å². The Morgan fingerprint density at radius 2 is 1.76 bits per heavy atom. The number of amides is 1. The third-order valence-corrected chi connectivity index (χ3v) is 4.75. The second-order valence-electron chi connectivity index (χ2n) is 6.26. The maximum Gasteiger partial charge on any atom is 0.236 e. The lowest BCUT2D eigenvalue weighted by molar-refractivity contribution is -0.130. The first-order chi connectivity index (χ1) is 12.2. The van der Waals surface area contributed by atoms with Gasteiger partial charge in [0.1, 0.15) is 0 Å². The topological polar surface area (TPSA) is 35.6 Å². The van der Waals surface area contributed by atoms with Gasteiger partial charge in [0.15, 0.2) is 0 Å². The number of benzene rings is 2. The summed E-state index contributed by atoms with van der Waals surface area (Å²) in [5.41, 5.74) is 2.41. The lowest BCUT2D eigenvalue weighted by Crippen LogP contribution is -2.51. The van der Waals surface area contributed by atoms with Crippen LogP contribution in [0, 0.1) is 0 Å². The van der Waals surface area contributed by atoms with Crippen LogP contribution in [0.5, 0.6) is 0 Å². The predicted molar refractivity (Wildman–Crippen MR) is 103 cm³/mol. The Morgan fingerprint density at radius 1 is 1.00 bits per heavy atom. The van der Waals surface area contributed by atoms with Crippen LogP contribution in [0.4, 0.5) is 5.69 Å². The van der Waals surface area contributed by atoms with E-state index in [1.807, 2.05) is 41.3 Å². The summed E-state index contributed by atoms with van der Waals surface area (Å²) in [6.07, 6.45) is 0.941. The van der Waals surface area contributed by atoms with Crippen LogP contribution >= 0.6 is 11.6 Å². The van der Waals surface area contributed by atoms with Gasteiger partial charge in [-0.05, 0) is 36.7 Å².